The molecule has 4 fully saturated rings. The first-order valence-corrected chi connectivity index (χ1v) is 7.11. The summed E-state index contributed by atoms with van der Waals surface area (Å²) in [6.07, 6.45) is 8.88. The first-order chi connectivity index (χ1) is 9.12. The quantitative estimate of drug-likeness (QED) is 0.799. The molecule has 4 aliphatic rings. The minimum absolute atomic E-state index is 0.00649. The van der Waals surface area contributed by atoms with E-state index in [4.69, 9.17) is 5.73 Å². The van der Waals surface area contributed by atoms with Gasteiger partial charge >= 0.3 is 6.03 Å². The fourth-order valence-electron chi connectivity index (χ4n) is 4.92. The van der Waals surface area contributed by atoms with Crippen LogP contribution in [-0.2, 0) is 0 Å². The van der Waals surface area contributed by atoms with Crippen molar-refractivity contribution in [3.05, 3.63) is 6.33 Å². The standard InChI is InChI=1S/C13H19N5O/c14-11-15-7-18(17-11)12(19)16-13-4-8-1-9(5-13)3-10(2-8)6-13/h7-10H,1-6H2,(H2,14,17)(H,16,19). The molecular weight excluding hydrogens is 242 g/mol. The van der Waals surface area contributed by atoms with Crippen molar-refractivity contribution in [1.29, 1.82) is 0 Å². The van der Waals surface area contributed by atoms with Gasteiger partial charge in [-0.3, -0.25) is 0 Å². The highest BCUT2D eigenvalue weighted by Crippen LogP contribution is 2.55. The lowest BCUT2D eigenvalue weighted by atomic mass is 9.53. The normalized spacial score (nSPS) is 39.5. The van der Waals surface area contributed by atoms with E-state index in [1.54, 1.807) is 0 Å². The molecule has 0 aliphatic heterocycles. The molecule has 0 radical (unpaired) electrons. The van der Waals surface area contributed by atoms with E-state index in [1.165, 1.54) is 30.3 Å². The van der Waals surface area contributed by atoms with Crippen molar-refractivity contribution in [2.45, 2.75) is 44.1 Å². The number of nitrogens with two attached hydrogens (primary N) is 1. The van der Waals surface area contributed by atoms with Crippen molar-refractivity contribution in [3.63, 3.8) is 0 Å². The number of carbonyl (C=O) groups is 1. The molecule has 1 aromatic heterocycles. The summed E-state index contributed by atoms with van der Waals surface area (Å²) in [5.41, 5.74) is 5.46. The maximum atomic E-state index is 12.2. The van der Waals surface area contributed by atoms with E-state index in [1.807, 2.05) is 0 Å². The Kier molecular flexibility index (Phi) is 2.20. The molecule has 4 saturated carbocycles. The Morgan fingerprint density at radius 2 is 1.84 bits per heavy atom. The van der Waals surface area contributed by atoms with E-state index in [2.05, 4.69) is 15.4 Å². The summed E-state index contributed by atoms with van der Waals surface area (Å²) in [5, 5.41) is 7.10. The molecule has 1 aromatic rings. The van der Waals surface area contributed by atoms with Crippen LogP contribution in [0, 0.1) is 17.8 Å². The minimum Gasteiger partial charge on any atom is -0.366 e. The topological polar surface area (TPSA) is 85.8 Å². The van der Waals surface area contributed by atoms with Crippen LogP contribution in [0.25, 0.3) is 0 Å². The fraction of sp³-hybridized carbons (Fsp3) is 0.769. The lowest BCUT2D eigenvalue weighted by molar-refractivity contribution is -0.0136. The number of aromatic nitrogens is 3. The molecule has 0 saturated heterocycles. The Bertz CT molecular complexity index is 488. The second-order valence-corrected chi connectivity index (χ2v) is 6.68. The molecular formula is C13H19N5O. The second kappa shape index (κ2) is 3.71. The number of anilines is 1. The maximum Gasteiger partial charge on any atom is 0.344 e. The number of amides is 1. The molecule has 3 N–H and O–H groups in total. The first-order valence-electron chi connectivity index (χ1n) is 7.11. The van der Waals surface area contributed by atoms with Crippen LogP contribution >= 0.6 is 0 Å². The number of nitrogens with zero attached hydrogens (tertiary/aromatic N) is 3. The highest BCUT2D eigenvalue weighted by molar-refractivity contribution is 5.76. The van der Waals surface area contributed by atoms with Crippen molar-refractivity contribution in [2.24, 2.45) is 17.8 Å². The minimum atomic E-state index is -0.189. The zero-order valence-electron chi connectivity index (χ0n) is 10.9. The van der Waals surface area contributed by atoms with Crippen LogP contribution in [0.2, 0.25) is 0 Å². The number of nitrogens with one attached hydrogen (secondary N) is 1. The van der Waals surface area contributed by atoms with Crippen LogP contribution in [0.15, 0.2) is 6.33 Å². The van der Waals surface area contributed by atoms with Gasteiger partial charge in [-0.25, -0.2) is 9.78 Å². The molecule has 6 nitrogen and oxygen atoms in total. The molecule has 0 atom stereocenters. The largest absolute Gasteiger partial charge is 0.366 e. The highest BCUT2D eigenvalue weighted by Gasteiger charge is 2.51. The molecule has 19 heavy (non-hydrogen) atoms. The Morgan fingerprint density at radius 3 is 2.32 bits per heavy atom. The molecule has 0 aromatic carbocycles. The van der Waals surface area contributed by atoms with Crippen LogP contribution in [0.3, 0.4) is 0 Å². The van der Waals surface area contributed by atoms with Gasteiger partial charge in [-0.1, -0.05) is 0 Å². The van der Waals surface area contributed by atoms with Crippen molar-refractivity contribution >= 4 is 12.0 Å². The lowest BCUT2D eigenvalue weighted by Crippen LogP contribution is -2.60. The molecule has 6 heteroatoms. The summed E-state index contributed by atoms with van der Waals surface area (Å²) in [7, 11) is 0. The van der Waals surface area contributed by atoms with Gasteiger partial charge in [-0.2, -0.15) is 4.68 Å². The number of hydrogen-bond acceptors (Lipinski definition) is 4. The van der Waals surface area contributed by atoms with Gasteiger partial charge in [0.2, 0.25) is 5.95 Å². The van der Waals surface area contributed by atoms with Crippen LogP contribution in [-0.4, -0.2) is 26.3 Å². The second-order valence-electron chi connectivity index (χ2n) is 6.68. The molecule has 5 rings (SSSR count). The maximum absolute atomic E-state index is 12.2. The molecule has 0 spiro atoms. The molecule has 102 valence electrons. The fourth-order valence-corrected chi connectivity index (χ4v) is 4.92. The summed E-state index contributed by atoms with van der Waals surface area (Å²) in [5.74, 6) is 2.58. The number of hydrogen-bond donors (Lipinski definition) is 2. The third kappa shape index (κ3) is 1.81. The summed E-state index contributed by atoms with van der Waals surface area (Å²) < 4.78 is 1.22. The van der Waals surface area contributed by atoms with Gasteiger partial charge in [-0.15, -0.1) is 5.10 Å². The monoisotopic (exact) mass is 261 g/mol. The Morgan fingerprint density at radius 1 is 1.26 bits per heavy atom. The lowest BCUT2D eigenvalue weighted by Gasteiger charge is -2.56. The van der Waals surface area contributed by atoms with Crippen LogP contribution in [0.5, 0.6) is 0 Å². The Balaban J connectivity index is 1.54. The van der Waals surface area contributed by atoms with Crippen LogP contribution < -0.4 is 11.1 Å². The first kappa shape index (κ1) is 11.3. The number of carbonyl (C=O) groups excluding carboxylic acids is 1. The van der Waals surface area contributed by atoms with Crippen molar-refractivity contribution in [1.82, 2.24) is 20.1 Å². The van der Waals surface area contributed by atoms with Gasteiger partial charge in [0.1, 0.15) is 6.33 Å². The van der Waals surface area contributed by atoms with Crippen molar-refractivity contribution in [2.75, 3.05) is 5.73 Å². The van der Waals surface area contributed by atoms with Gasteiger partial charge in [0.25, 0.3) is 0 Å². The van der Waals surface area contributed by atoms with E-state index >= 15 is 0 Å². The highest BCUT2D eigenvalue weighted by atomic mass is 16.2. The van der Waals surface area contributed by atoms with E-state index in [9.17, 15) is 4.79 Å². The molecule has 4 bridgehead atoms. The SMILES string of the molecule is Nc1ncn(C(=O)NC23CC4CC(CC(C4)C2)C3)n1. The third-order valence-electron chi connectivity index (χ3n) is 5.13. The van der Waals surface area contributed by atoms with Gasteiger partial charge in [0, 0.05) is 5.54 Å². The average molecular weight is 261 g/mol. The number of nitrogen functional groups attached to an aromatic ring is 1. The van der Waals surface area contributed by atoms with Crippen LogP contribution in [0.1, 0.15) is 38.5 Å². The average Bonchev–Trinajstić information content (AvgIpc) is 2.73. The van der Waals surface area contributed by atoms with Gasteiger partial charge in [0.05, 0.1) is 0 Å². The smallest absolute Gasteiger partial charge is 0.344 e. The van der Waals surface area contributed by atoms with E-state index in [-0.39, 0.29) is 17.5 Å². The van der Waals surface area contributed by atoms with E-state index in [0.29, 0.717) is 0 Å². The molecule has 0 unspecified atom stereocenters. The van der Waals surface area contributed by atoms with E-state index in [0.717, 1.165) is 37.0 Å². The zero-order chi connectivity index (χ0) is 13.0. The number of rotatable bonds is 1. The Hall–Kier alpha value is -1.59. The third-order valence-corrected chi connectivity index (χ3v) is 5.13. The van der Waals surface area contributed by atoms with Gasteiger partial charge < -0.3 is 11.1 Å². The molecule has 1 amide bonds. The summed E-state index contributed by atoms with van der Waals surface area (Å²) in [4.78, 5) is 16.0. The summed E-state index contributed by atoms with van der Waals surface area (Å²) >= 11 is 0. The van der Waals surface area contributed by atoms with Crippen molar-refractivity contribution in [3.8, 4) is 0 Å². The molecule has 1 heterocycles. The van der Waals surface area contributed by atoms with Gasteiger partial charge in [0.15, 0.2) is 0 Å². The van der Waals surface area contributed by atoms with Gasteiger partial charge in [-0.05, 0) is 56.3 Å². The summed E-state index contributed by atoms with van der Waals surface area (Å²) in [6, 6.07) is -0.189. The predicted molar refractivity (Wildman–Crippen MR) is 69.3 cm³/mol. The Labute approximate surface area is 111 Å². The van der Waals surface area contributed by atoms with Crippen LogP contribution in [0.4, 0.5) is 10.7 Å². The summed E-state index contributed by atoms with van der Waals surface area (Å²) in [6.45, 7) is 0. The zero-order valence-corrected chi connectivity index (χ0v) is 10.9. The van der Waals surface area contributed by atoms with Crippen molar-refractivity contribution < 1.29 is 4.79 Å². The predicted octanol–water partition coefficient (Wildman–Crippen LogP) is 1.39. The molecule has 4 aliphatic carbocycles. The van der Waals surface area contributed by atoms with E-state index < -0.39 is 0 Å².